The average Bonchev–Trinajstić information content (AvgIpc) is 2.74. The summed E-state index contributed by atoms with van der Waals surface area (Å²) in [6.45, 7) is 10.5. The number of hydrogen-bond acceptors (Lipinski definition) is 4. The second kappa shape index (κ2) is 5.22. The number of aromatic nitrogens is 2. The molecular formula is C19H25N3O. The first-order valence-electron chi connectivity index (χ1n) is 8.22. The zero-order valence-corrected chi connectivity index (χ0v) is 14.6. The van der Waals surface area contributed by atoms with E-state index in [2.05, 4.69) is 43.7 Å². The van der Waals surface area contributed by atoms with E-state index in [1.54, 1.807) is 0 Å². The highest BCUT2D eigenvalue weighted by molar-refractivity contribution is 5.70. The fourth-order valence-electron chi connectivity index (χ4n) is 3.71. The van der Waals surface area contributed by atoms with E-state index in [0.29, 0.717) is 23.0 Å². The number of fused-ring (bicyclic) bond motifs is 1. The molecule has 0 bridgehead atoms. The summed E-state index contributed by atoms with van der Waals surface area (Å²) in [5.41, 5.74) is 11.0. The zero-order valence-electron chi connectivity index (χ0n) is 14.6. The summed E-state index contributed by atoms with van der Waals surface area (Å²) < 4.78 is 0. The molecule has 1 aromatic heterocycles. The van der Waals surface area contributed by atoms with E-state index in [0.717, 1.165) is 29.7 Å². The highest BCUT2D eigenvalue weighted by atomic mass is 16.3. The van der Waals surface area contributed by atoms with Crippen molar-refractivity contribution < 1.29 is 5.11 Å². The van der Waals surface area contributed by atoms with Gasteiger partial charge in [0.25, 0.3) is 0 Å². The van der Waals surface area contributed by atoms with E-state index in [4.69, 9.17) is 5.73 Å². The lowest BCUT2D eigenvalue weighted by Crippen LogP contribution is -2.11. The van der Waals surface area contributed by atoms with Crippen molar-refractivity contribution in [3.8, 4) is 17.1 Å². The van der Waals surface area contributed by atoms with Gasteiger partial charge in [-0.05, 0) is 48.3 Å². The van der Waals surface area contributed by atoms with Crippen LogP contribution >= 0.6 is 0 Å². The third kappa shape index (κ3) is 2.46. The Morgan fingerprint density at radius 3 is 2.52 bits per heavy atom. The fourth-order valence-corrected chi connectivity index (χ4v) is 3.71. The third-order valence-electron chi connectivity index (χ3n) is 5.00. The average molecular weight is 311 g/mol. The van der Waals surface area contributed by atoms with Gasteiger partial charge in [-0.3, -0.25) is 0 Å². The number of rotatable bonds is 2. The first kappa shape index (κ1) is 15.8. The minimum absolute atomic E-state index is 0.114. The second-order valence-electron chi connectivity index (χ2n) is 7.46. The molecule has 0 fully saturated rings. The second-order valence-corrected chi connectivity index (χ2v) is 7.46. The maximum absolute atomic E-state index is 10.7. The standard InChI is InChI=1S/C19H25N3O/c1-10(2)15-11(3)21-18(22-17(15)20)13-6-7-14-12(16(13)23)8-9-19(14,4)5/h6-7,10,23H,8-9H2,1-5H3,(H2,20,21,22). The summed E-state index contributed by atoms with van der Waals surface area (Å²) in [5, 5.41) is 10.7. The molecule has 0 atom stereocenters. The van der Waals surface area contributed by atoms with Crippen LogP contribution in [0.4, 0.5) is 5.82 Å². The maximum Gasteiger partial charge on any atom is 0.165 e. The molecular weight excluding hydrogens is 286 g/mol. The number of aryl methyl sites for hydroxylation is 1. The summed E-state index contributed by atoms with van der Waals surface area (Å²) in [5.74, 6) is 1.60. The quantitative estimate of drug-likeness (QED) is 0.876. The van der Waals surface area contributed by atoms with Crippen molar-refractivity contribution in [3.05, 3.63) is 34.5 Å². The number of phenols is 1. The Morgan fingerprint density at radius 1 is 1.22 bits per heavy atom. The largest absolute Gasteiger partial charge is 0.507 e. The molecule has 122 valence electrons. The molecule has 23 heavy (non-hydrogen) atoms. The van der Waals surface area contributed by atoms with Gasteiger partial charge in [-0.25, -0.2) is 9.97 Å². The van der Waals surface area contributed by atoms with Gasteiger partial charge in [0.15, 0.2) is 5.82 Å². The van der Waals surface area contributed by atoms with Crippen molar-refractivity contribution >= 4 is 5.82 Å². The molecule has 0 aliphatic heterocycles. The van der Waals surface area contributed by atoms with E-state index in [-0.39, 0.29) is 11.3 Å². The van der Waals surface area contributed by atoms with Crippen molar-refractivity contribution in [2.75, 3.05) is 5.73 Å². The van der Waals surface area contributed by atoms with Crippen molar-refractivity contribution in [2.45, 2.75) is 58.8 Å². The Hall–Kier alpha value is -2.10. The van der Waals surface area contributed by atoms with Gasteiger partial charge < -0.3 is 10.8 Å². The number of nitrogen functional groups attached to an aromatic ring is 1. The molecule has 1 heterocycles. The van der Waals surface area contributed by atoms with Crippen LogP contribution < -0.4 is 5.73 Å². The van der Waals surface area contributed by atoms with Crippen molar-refractivity contribution in [1.29, 1.82) is 0 Å². The summed E-state index contributed by atoms with van der Waals surface area (Å²) in [4.78, 5) is 9.05. The first-order chi connectivity index (χ1) is 10.7. The molecule has 0 spiro atoms. The monoisotopic (exact) mass is 311 g/mol. The zero-order chi connectivity index (χ0) is 16.9. The number of hydrogen-bond donors (Lipinski definition) is 2. The molecule has 1 aromatic carbocycles. The van der Waals surface area contributed by atoms with Gasteiger partial charge >= 0.3 is 0 Å². The number of benzene rings is 1. The number of nitrogens with two attached hydrogens (primary N) is 1. The summed E-state index contributed by atoms with van der Waals surface area (Å²) in [6, 6.07) is 4.02. The minimum Gasteiger partial charge on any atom is -0.507 e. The molecule has 4 heteroatoms. The Morgan fingerprint density at radius 2 is 1.91 bits per heavy atom. The highest BCUT2D eigenvalue weighted by Gasteiger charge is 2.32. The SMILES string of the molecule is Cc1nc(-c2ccc3c(c2O)CCC3(C)C)nc(N)c1C(C)C. The van der Waals surface area contributed by atoms with Crippen LogP contribution in [0.2, 0.25) is 0 Å². The summed E-state index contributed by atoms with van der Waals surface area (Å²) >= 11 is 0. The normalized spacial score (nSPS) is 15.9. The summed E-state index contributed by atoms with van der Waals surface area (Å²) in [6.07, 6.45) is 1.94. The predicted molar refractivity (Wildman–Crippen MR) is 93.7 cm³/mol. The van der Waals surface area contributed by atoms with Gasteiger partial charge in [0, 0.05) is 11.3 Å². The Balaban J connectivity index is 2.15. The Bertz CT molecular complexity index is 755. The van der Waals surface area contributed by atoms with Crippen LogP contribution in [0.3, 0.4) is 0 Å². The van der Waals surface area contributed by atoms with E-state index >= 15 is 0 Å². The van der Waals surface area contributed by atoms with Gasteiger partial charge in [0.05, 0.1) is 5.56 Å². The fraction of sp³-hybridized carbons (Fsp3) is 0.474. The van der Waals surface area contributed by atoms with Crippen LogP contribution in [0.1, 0.15) is 62.4 Å². The highest BCUT2D eigenvalue weighted by Crippen LogP contribution is 2.45. The summed E-state index contributed by atoms with van der Waals surface area (Å²) in [7, 11) is 0. The lowest BCUT2D eigenvalue weighted by molar-refractivity contribution is 0.470. The molecule has 0 saturated carbocycles. The molecule has 0 radical (unpaired) electrons. The van der Waals surface area contributed by atoms with Gasteiger partial charge in [-0.2, -0.15) is 0 Å². The van der Waals surface area contributed by atoms with Gasteiger partial charge in [-0.15, -0.1) is 0 Å². The van der Waals surface area contributed by atoms with Crippen molar-refractivity contribution in [3.63, 3.8) is 0 Å². The van der Waals surface area contributed by atoms with E-state index < -0.39 is 0 Å². The number of nitrogens with zero attached hydrogens (tertiary/aromatic N) is 2. The third-order valence-corrected chi connectivity index (χ3v) is 5.00. The smallest absolute Gasteiger partial charge is 0.165 e. The topological polar surface area (TPSA) is 72.0 Å². The molecule has 1 aliphatic rings. The molecule has 0 amide bonds. The molecule has 3 rings (SSSR count). The predicted octanol–water partition coefficient (Wildman–Crippen LogP) is 4.09. The molecule has 2 aromatic rings. The number of anilines is 1. The molecule has 0 saturated heterocycles. The van der Waals surface area contributed by atoms with Gasteiger partial charge in [-0.1, -0.05) is 33.8 Å². The molecule has 3 N–H and O–H groups in total. The lowest BCUT2D eigenvalue weighted by atomic mass is 9.86. The molecule has 1 aliphatic carbocycles. The van der Waals surface area contributed by atoms with Crippen molar-refractivity contribution in [2.24, 2.45) is 0 Å². The molecule has 0 unspecified atom stereocenters. The van der Waals surface area contributed by atoms with E-state index in [1.807, 2.05) is 13.0 Å². The van der Waals surface area contributed by atoms with Crippen LogP contribution in [0.5, 0.6) is 5.75 Å². The first-order valence-corrected chi connectivity index (χ1v) is 8.22. The van der Waals surface area contributed by atoms with E-state index in [9.17, 15) is 5.11 Å². The van der Waals surface area contributed by atoms with Gasteiger partial charge in [0.1, 0.15) is 11.6 Å². The van der Waals surface area contributed by atoms with Crippen LogP contribution in [0, 0.1) is 6.92 Å². The molecule has 4 nitrogen and oxygen atoms in total. The Kier molecular flexibility index (Phi) is 3.58. The van der Waals surface area contributed by atoms with Gasteiger partial charge in [0.2, 0.25) is 0 Å². The van der Waals surface area contributed by atoms with Crippen LogP contribution in [0.25, 0.3) is 11.4 Å². The van der Waals surface area contributed by atoms with Crippen LogP contribution in [0.15, 0.2) is 12.1 Å². The van der Waals surface area contributed by atoms with E-state index in [1.165, 1.54) is 5.56 Å². The van der Waals surface area contributed by atoms with Crippen LogP contribution in [-0.4, -0.2) is 15.1 Å². The number of aromatic hydroxyl groups is 1. The van der Waals surface area contributed by atoms with Crippen molar-refractivity contribution in [1.82, 2.24) is 9.97 Å². The Labute approximate surface area is 137 Å². The minimum atomic E-state index is 0.114. The lowest BCUT2D eigenvalue weighted by Gasteiger charge is -2.19. The maximum atomic E-state index is 10.7. The van der Waals surface area contributed by atoms with Crippen LogP contribution in [-0.2, 0) is 11.8 Å². The number of phenolic OH excluding ortho intramolecular Hbond substituents is 1.